The Morgan fingerprint density at radius 3 is 2.13 bits per heavy atom. The molecule has 2 rings (SSSR count). The van der Waals surface area contributed by atoms with E-state index in [1.165, 1.54) is 0 Å². The highest BCUT2D eigenvalue weighted by Gasteiger charge is 2.05. The van der Waals surface area contributed by atoms with Crippen LogP contribution in [0.2, 0.25) is 0 Å². The Morgan fingerprint density at radius 2 is 1.57 bits per heavy atom. The number of carbonyl (C=O) groups is 1. The predicted octanol–water partition coefficient (Wildman–Crippen LogP) is 3.25. The molecule has 0 aromatic heterocycles. The highest BCUT2D eigenvalue weighted by molar-refractivity contribution is 6.00. The molecule has 0 unspecified atom stereocenters. The van der Waals surface area contributed by atoms with Crippen LogP contribution in [-0.2, 0) is 0 Å². The summed E-state index contributed by atoms with van der Waals surface area (Å²) in [5.74, 6) is 1.25. The molecule has 0 bridgehead atoms. The molecule has 0 radical (unpaired) electrons. The summed E-state index contributed by atoms with van der Waals surface area (Å²) < 4.78 is 10.5. The quantitative estimate of drug-likeness (QED) is 0.658. The Morgan fingerprint density at radius 1 is 1.00 bits per heavy atom. The van der Waals surface area contributed by atoms with Crippen molar-refractivity contribution in [3.8, 4) is 11.5 Å². The second kappa shape index (κ2) is 7.98. The second-order valence-electron chi connectivity index (χ2n) is 4.82. The lowest BCUT2D eigenvalue weighted by Crippen LogP contribution is -2.19. The molecule has 1 amide bonds. The number of hydrogen-bond donors (Lipinski definition) is 1. The van der Waals surface area contributed by atoms with Crippen molar-refractivity contribution in [1.82, 2.24) is 5.43 Å². The molecule has 5 heteroatoms. The van der Waals surface area contributed by atoms with Crippen LogP contribution in [0.25, 0.3) is 0 Å². The SMILES string of the molecule is CCOc1ccc(C(C)=NNC(=O)c2ccc(OC)cc2)cc1. The summed E-state index contributed by atoms with van der Waals surface area (Å²) in [5, 5.41) is 4.13. The summed E-state index contributed by atoms with van der Waals surface area (Å²) in [6.45, 7) is 4.41. The third-order valence-corrected chi connectivity index (χ3v) is 3.26. The van der Waals surface area contributed by atoms with Gasteiger partial charge in [-0.15, -0.1) is 0 Å². The molecule has 0 atom stereocenters. The zero-order valence-electron chi connectivity index (χ0n) is 13.5. The Hall–Kier alpha value is -2.82. The molecule has 2 aromatic carbocycles. The first-order valence-corrected chi connectivity index (χ1v) is 7.36. The molecular formula is C18H20N2O3. The molecule has 5 nitrogen and oxygen atoms in total. The van der Waals surface area contributed by atoms with E-state index < -0.39 is 0 Å². The topological polar surface area (TPSA) is 59.9 Å². The highest BCUT2D eigenvalue weighted by atomic mass is 16.5. The van der Waals surface area contributed by atoms with E-state index in [0.717, 1.165) is 17.0 Å². The molecule has 120 valence electrons. The molecule has 0 aliphatic carbocycles. The van der Waals surface area contributed by atoms with E-state index in [1.54, 1.807) is 31.4 Å². The summed E-state index contributed by atoms with van der Waals surface area (Å²) in [4.78, 5) is 12.0. The third-order valence-electron chi connectivity index (χ3n) is 3.26. The fourth-order valence-corrected chi connectivity index (χ4v) is 1.97. The van der Waals surface area contributed by atoms with Gasteiger partial charge in [-0.25, -0.2) is 5.43 Å². The number of ether oxygens (including phenoxy) is 2. The van der Waals surface area contributed by atoms with Gasteiger partial charge in [-0.1, -0.05) is 0 Å². The van der Waals surface area contributed by atoms with Crippen LogP contribution in [0.4, 0.5) is 0 Å². The molecule has 0 fully saturated rings. The van der Waals surface area contributed by atoms with E-state index in [0.29, 0.717) is 17.9 Å². The Bertz CT molecular complexity index is 676. The van der Waals surface area contributed by atoms with Gasteiger partial charge in [0.1, 0.15) is 11.5 Å². The van der Waals surface area contributed by atoms with E-state index in [4.69, 9.17) is 9.47 Å². The van der Waals surface area contributed by atoms with Crippen LogP contribution in [0.5, 0.6) is 11.5 Å². The lowest BCUT2D eigenvalue weighted by molar-refractivity contribution is 0.0955. The summed E-state index contributed by atoms with van der Waals surface area (Å²) >= 11 is 0. The molecule has 0 saturated heterocycles. The van der Waals surface area contributed by atoms with Crippen molar-refractivity contribution in [3.05, 3.63) is 59.7 Å². The minimum atomic E-state index is -0.266. The first-order chi connectivity index (χ1) is 11.1. The largest absolute Gasteiger partial charge is 0.497 e. The van der Waals surface area contributed by atoms with Crippen LogP contribution in [0.3, 0.4) is 0 Å². The van der Waals surface area contributed by atoms with Gasteiger partial charge in [-0.3, -0.25) is 4.79 Å². The van der Waals surface area contributed by atoms with Gasteiger partial charge in [-0.2, -0.15) is 5.10 Å². The number of benzene rings is 2. The summed E-state index contributed by atoms with van der Waals surface area (Å²) in [5.41, 5.74) is 4.71. The Kier molecular flexibility index (Phi) is 5.74. The Balaban J connectivity index is 2.01. The maximum absolute atomic E-state index is 12.0. The molecule has 23 heavy (non-hydrogen) atoms. The lowest BCUT2D eigenvalue weighted by atomic mass is 10.1. The minimum Gasteiger partial charge on any atom is -0.497 e. The third kappa shape index (κ3) is 4.57. The lowest BCUT2D eigenvalue weighted by Gasteiger charge is -2.06. The highest BCUT2D eigenvalue weighted by Crippen LogP contribution is 2.13. The molecular weight excluding hydrogens is 292 g/mol. The number of nitrogens with one attached hydrogen (secondary N) is 1. The first kappa shape index (κ1) is 16.5. The normalized spacial score (nSPS) is 11.0. The fourth-order valence-electron chi connectivity index (χ4n) is 1.97. The maximum atomic E-state index is 12.0. The van der Waals surface area contributed by atoms with Crippen molar-refractivity contribution in [2.45, 2.75) is 13.8 Å². The van der Waals surface area contributed by atoms with Crippen LogP contribution < -0.4 is 14.9 Å². The van der Waals surface area contributed by atoms with Gasteiger partial charge in [0.2, 0.25) is 0 Å². The minimum absolute atomic E-state index is 0.266. The molecule has 0 spiro atoms. The van der Waals surface area contributed by atoms with Crippen molar-refractivity contribution >= 4 is 11.6 Å². The van der Waals surface area contributed by atoms with Crippen LogP contribution in [0.1, 0.15) is 29.8 Å². The first-order valence-electron chi connectivity index (χ1n) is 7.36. The van der Waals surface area contributed by atoms with Crippen LogP contribution in [-0.4, -0.2) is 25.3 Å². The molecule has 0 saturated carbocycles. The van der Waals surface area contributed by atoms with Crippen LogP contribution >= 0.6 is 0 Å². The monoisotopic (exact) mass is 312 g/mol. The average Bonchev–Trinajstić information content (AvgIpc) is 2.60. The standard InChI is InChI=1S/C18H20N2O3/c1-4-23-17-11-5-14(6-12-17)13(2)19-20-18(21)15-7-9-16(22-3)10-8-15/h5-12H,4H2,1-3H3,(H,20,21). The zero-order valence-corrected chi connectivity index (χ0v) is 13.5. The fraction of sp³-hybridized carbons (Fsp3) is 0.222. The van der Waals surface area contributed by atoms with Crippen molar-refractivity contribution in [3.63, 3.8) is 0 Å². The van der Waals surface area contributed by atoms with Crippen molar-refractivity contribution in [2.75, 3.05) is 13.7 Å². The Labute approximate surface area is 135 Å². The smallest absolute Gasteiger partial charge is 0.271 e. The van der Waals surface area contributed by atoms with E-state index in [2.05, 4.69) is 10.5 Å². The van der Waals surface area contributed by atoms with E-state index in [-0.39, 0.29) is 5.91 Å². The van der Waals surface area contributed by atoms with Gasteiger partial charge in [0.15, 0.2) is 0 Å². The van der Waals surface area contributed by atoms with Crippen LogP contribution in [0.15, 0.2) is 53.6 Å². The molecule has 0 aliphatic rings. The molecule has 0 heterocycles. The van der Waals surface area contributed by atoms with Crippen molar-refractivity contribution in [1.29, 1.82) is 0 Å². The average molecular weight is 312 g/mol. The van der Waals surface area contributed by atoms with Crippen molar-refractivity contribution < 1.29 is 14.3 Å². The number of methoxy groups -OCH3 is 1. The summed E-state index contributed by atoms with van der Waals surface area (Å²) in [6, 6.07) is 14.4. The van der Waals surface area contributed by atoms with Crippen LogP contribution in [0, 0.1) is 0 Å². The van der Waals surface area contributed by atoms with Gasteiger partial charge >= 0.3 is 0 Å². The molecule has 1 N–H and O–H groups in total. The predicted molar refractivity (Wildman–Crippen MR) is 90.3 cm³/mol. The van der Waals surface area contributed by atoms with E-state index >= 15 is 0 Å². The van der Waals surface area contributed by atoms with E-state index in [1.807, 2.05) is 38.1 Å². The number of rotatable bonds is 6. The van der Waals surface area contributed by atoms with Gasteiger partial charge in [0.05, 0.1) is 19.4 Å². The van der Waals surface area contributed by atoms with Crippen molar-refractivity contribution in [2.24, 2.45) is 5.10 Å². The molecule has 2 aromatic rings. The summed E-state index contributed by atoms with van der Waals surface area (Å²) in [7, 11) is 1.58. The van der Waals surface area contributed by atoms with E-state index in [9.17, 15) is 4.79 Å². The number of carbonyl (C=O) groups excluding carboxylic acids is 1. The number of amides is 1. The van der Waals surface area contributed by atoms with Gasteiger partial charge in [-0.05, 0) is 67.9 Å². The zero-order chi connectivity index (χ0) is 16.7. The summed E-state index contributed by atoms with van der Waals surface area (Å²) in [6.07, 6.45) is 0. The van der Waals surface area contributed by atoms with Gasteiger partial charge in [0.25, 0.3) is 5.91 Å². The number of hydrogen-bond acceptors (Lipinski definition) is 4. The molecule has 0 aliphatic heterocycles. The second-order valence-corrected chi connectivity index (χ2v) is 4.82. The number of nitrogens with zero attached hydrogens (tertiary/aromatic N) is 1. The number of hydrazone groups is 1. The van der Waals surface area contributed by atoms with Gasteiger partial charge < -0.3 is 9.47 Å². The maximum Gasteiger partial charge on any atom is 0.271 e. The van der Waals surface area contributed by atoms with Gasteiger partial charge in [0, 0.05) is 5.56 Å².